The maximum Gasteiger partial charge on any atom is 0.372 e. The molecule has 0 bridgehead atoms. The Morgan fingerprint density at radius 3 is 2.71 bits per heavy atom. The van der Waals surface area contributed by atoms with Crippen LogP contribution in [0, 0.1) is 12.3 Å². The summed E-state index contributed by atoms with van der Waals surface area (Å²) in [5, 5.41) is 6.98. The molecule has 1 aliphatic heterocycles. The van der Waals surface area contributed by atoms with Crippen LogP contribution in [0.2, 0.25) is 5.82 Å². The first kappa shape index (κ1) is 11.7. The van der Waals surface area contributed by atoms with E-state index in [4.69, 9.17) is 6.42 Å². The van der Waals surface area contributed by atoms with E-state index in [-0.39, 0.29) is 6.98 Å². The minimum atomic E-state index is 0.252. The van der Waals surface area contributed by atoms with Crippen LogP contribution in [-0.2, 0) is 0 Å². The Bertz CT molecular complexity index is 497. The van der Waals surface area contributed by atoms with Crippen molar-refractivity contribution in [2.75, 3.05) is 5.23 Å². The molecule has 0 saturated carbocycles. The summed E-state index contributed by atoms with van der Waals surface area (Å²) in [7, 11) is 0. The van der Waals surface area contributed by atoms with Crippen molar-refractivity contribution in [3.63, 3.8) is 0 Å². The lowest BCUT2D eigenvalue weighted by atomic mass is 9.62. The van der Waals surface area contributed by atoms with E-state index in [1.54, 1.807) is 0 Å². The number of nitrogens with one attached hydrogen (secondary N) is 2. The predicted molar refractivity (Wildman–Crippen MR) is 75.6 cm³/mol. The molecular formula is C14H17BN2. The summed E-state index contributed by atoms with van der Waals surface area (Å²) in [4.78, 5) is 0. The van der Waals surface area contributed by atoms with Gasteiger partial charge in [-0.15, -0.1) is 6.42 Å². The highest BCUT2D eigenvalue weighted by molar-refractivity contribution is 6.63. The average Bonchev–Trinajstić information content (AvgIpc) is 2.36. The van der Waals surface area contributed by atoms with Crippen molar-refractivity contribution >= 4 is 18.4 Å². The van der Waals surface area contributed by atoms with E-state index in [0.29, 0.717) is 5.82 Å². The Balaban J connectivity index is 2.53. The molecule has 1 aliphatic rings. The lowest BCUT2D eigenvalue weighted by Gasteiger charge is -2.31. The molecule has 17 heavy (non-hydrogen) atoms. The van der Waals surface area contributed by atoms with Gasteiger partial charge in [-0.3, -0.25) is 0 Å². The molecule has 0 amide bonds. The van der Waals surface area contributed by atoms with Crippen molar-refractivity contribution in [2.24, 2.45) is 0 Å². The van der Waals surface area contributed by atoms with Crippen LogP contribution >= 0.6 is 0 Å². The van der Waals surface area contributed by atoms with Gasteiger partial charge in [0.25, 0.3) is 0 Å². The van der Waals surface area contributed by atoms with E-state index in [1.165, 1.54) is 0 Å². The number of terminal acetylenes is 1. The summed E-state index contributed by atoms with van der Waals surface area (Å²) in [5.74, 6) is 3.25. The highest BCUT2D eigenvalue weighted by atomic mass is 15.0. The molecule has 3 heteroatoms. The quantitative estimate of drug-likeness (QED) is 0.566. The summed E-state index contributed by atoms with van der Waals surface area (Å²) >= 11 is 0. The molecule has 2 rings (SSSR count). The number of rotatable bonds is 1. The van der Waals surface area contributed by atoms with Crippen molar-refractivity contribution in [1.82, 2.24) is 5.23 Å². The second-order valence-corrected chi connectivity index (χ2v) is 4.59. The first-order chi connectivity index (χ1) is 8.17. The molecule has 0 saturated heterocycles. The van der Waals surface area contributed by atoms with Crippen molar-refractivity contribution < 1.29 is 0 Å². The number of benzene rings is 1. The molecule has 2 N–H and O–H groups in total. The molecular weight excluding hydrogens is 207 g/mol. The minimum Gasteiger partial charge on any atom is -0.409 e. The number of anilines is 1. The Morgan fingerprint density at radius 1 is 1.35 bits per heavy atom. The van der Waals surface area contributed by atoms with Gasteiger partial charge in [-0.25, -0.2) is 0 Å². The normalized spacial score (nSPS) is 16.2. The zero-order valence-corrected chi connectivity index (χ0v) is 10.5. The van der Waals surface area contributed by atoms with Crippen LogP contribution in [0.3, 0.4) is 0 Å². The SMILES string of the molecule is C#Cc1cccc2c1/C(=C\C)NB(C(C)C)N2. The van der Waals surface area contributed by atoms with Gasteiger partial charge < -0.3 is 10.5 Å². The maximum absolute atomic E-state index is 5.55. The van der Waals surface area contributed by atoms with Gasteiger partial charge in [-0.2, -0.15) is 0 Å². The third kappa shape index (κ3) is 2.03. The van der Waals surface area contributed by atoms with Crippen LogP contribution < -0.4 is 10.5 Å². The zero-order valence-electron chi connectivity index (χ0n) is 10.5. The summed E-state index contributed by atoms with van der Waals surface area (Å²) in [6, 6.07) is 6.05. The predicted octanol–water partition coefficient (Wildman–Crippen LogP) is 2.94. The van der Waals surface area contributed by atoms with E-state index in [2.05, 4.69) is 42.4 Å². The number of allylic oxidation sites excluding steroid dienone is 1. The average molecular weight is 224 g/mol. The van der Waals surface area contributed by atoms with Crippen LogP contribution in [0.15, 0.2) is 24.3 Å². The van der Waals surface area contributed by atoms with Crippen molar-refractivity contribution in [2.45, 2.75) is 26.6 Å². The molecule has 1 heterocycles. The topological polar surface area (TPSA) is 24.1 Å². The minimum absolute atomic E-state index is 0.252. The van der Waals surface area contributed by atoms with E-state index in [0.717, 1.165) is 22.5 Å². The Hall–Kier alpha value is -1.82. The van der Waals surface area contributed by atoms with E-state index in [9.17, 15) is 0 Å². The number of fused-ring (bicyclic) bond motifs is 1. The van der Waals surface area contributed by atoms with Gasteiger partial charge in [-0.1, -0.05) is 31.9 Å². The molecule has 0 aliphatic carbocycles. The van der Waals surface area contributed by atoms with Crippen LogP contribution in [0.1, 0.15) is 31.9 Å². The second-order valence-electron chi connectivity index (χ2n) is 4.59. The first-order valence-corrected chi connectivity index (χ1v) is 5.96. The molecule has 0 fully saturated rings. The van der Waals surface area contributed by atoms with Gasteiger partial charge in [0.15, 0.2) is 0 Å². The van der Waals surface area contributed by atoms with Crippen molar-refractivity contribution in [3.8, 4) is 12.3 Å². The van der Waals surface area contributed by atoms with Crippen molar-refractivity contribution in [3.05, 3.63) is 35.4 Å². The monoisotopic (exact) mass is 224 g/mol. The summed E-state index contributed by atoms with van der Waals surface area (Å²) in [6.45, 7) is 6.66. The van der Waals surface area contributed by atoms with Crippen LogP contribution in [-0.4, -0.2) is 6.98 Å². The summed E-state index contributed by atoms with van der Waals surface area (Å²) in [5.41, 5.74) is 4.27. The zero-order chi connectivity index (χ0) is 12.4. The molecule has 0 aromatic heterocycles. The lowest BCUT2D eigenvalue weighted by Crippen LogP contribution is -2.46. The van der Waals surface area contributed by atoms with Crippen molar-refractivity contribution in [1.29, 1.82) is 0 Å². The fourth-order valence-corrected chi connectivity index (χ4v) is 2.09. The Kier molecular flexibility index (Phi) is 3.15. The van der Waals surface area contributed by atoms with Gasteiger partial charge in [0.05, 0.1) is 0 Å². The third-order valence-electron chi connectivity index (χ3n) is 3.07. The van der Waals surface area contributed by atoms with E-state index >= 15 is 0 Å². The second kappa shape index (κ2) is 4.59. The van der Waals surface area contributed by atoms with Crippen LogP contribution in [0.5, 0.6) is 0 Å². The van der Waals surface area contributed by atoms with E-state index in [1.807, 2.05) is 19.1 Å². The van der Waals surface area contributed by atoms with Gasteiger partial charge in [0, 0.05) is 22.5 Å². The smallest absolute Gasteiger partial charge is 0.372 e. The Morgan fingerprint density at radius 2 is 2.12 bits per heavy atom. The number of hydrogen-bond donors (Lipinski definition) is 2. The molecule has 86 valence electrons. The summed E-state index contributed by atoms with van der Waals surface area (Å²) < 4.78 is 0. The van der Waals surface area contributed by atoms with Gasteiger partial charge in [-0.05, 0) is 24.9 Å². The number of hydrogen-bond acceptors (Lipinski definition) is 2. The summed E-state index contributed by atoms with van der Waals surface area (Å²) in [6.07, 6.45) is 7.63. The van der Waals surface area contributed by atoms with Crippen LogP contribution in [0.4, 0.5) is 5.69 Å². The molecule has 0 spiro atoms. The standard InChI is InChI=1S/C14H17BN2/c1-5-11-8-7-9-13-14(11)12(6-2)16-15(17-13)10(3)4/h1,6-10,16-17H,2-4H3/b12-6+. The molecule has 0 unspecified atom stereocenters. The van der Waals surface area contributed by atoms with E-state index < -0.39 is 0 Å². The maximum atomic E-state index is 5.55. The molecule has 0 atom stereocenters. The molecule has 0 radical (unpaired) electrons. The highest BCUT2D eigenvalue weighted by Gasteiger charge is 2.28. The van der Waals surface area contributed by atoms with Gasteiger partial charge in [0.2, 0.25) is 0 Å². The largest absolute Gasteiger partial charge is 0.409 e. The van der Waals surface area contributed by atoms with Gasteiger partial charge >= 0.3 is 6.98 Å². The fraction of sp³-hybridized carbons (Fsp3) is 0.286. The highest BCUT2D eigenvalue weighted by Crippen LogP contribution is 2.31. The Labute approximate surface area is 104 Å². The first-order valence-electron chi connectivity index (χ1n) is 5.96. The molecule has 1 aromatic rings. The van der Waals surface area contributed by atoms with Crippen LogP contribution in [0.25, 0.3) is 5.70 Å². The lowest BCUT2D eigenvalue weighted by molar-refractivity contribution is 0.998. The van der Waals surface area contributed by atoms with Gasteiger partial charge in [0.1, 0.15) is 0 Å². The fourth-order valence-electron chi connectivity index (χ4n) is 2.09. The molecule has 2 nitrogen and oxygen atoms in total. The molecule has 1 aromatic carbocycles. The third-order valence-corrected chi connectivity index (χ3v) is 3.07.